The van der Waals surface area contributed by atoms with Crippen LogP contribution in [-0.2, 0) is 0 Å². The zero-order chi connectivity index (χ0) is 24.7. The van der Waals surface area contributed by atoms with Crippen molar-refractivity contribution in [1.29, 1.82) is 0 Å². The Morgan fingerprint density at radius 1 is 1.31 bits per heavy atom. The Morgan fingerprint density at radius 3 is 2.91 bits per heavy atom. The number of aromatic nitrogens is 4. The SMILES string of the molecule is C=C[C@@H]1CN(c2ccc(C(=O)Nc3cc(F)c4nc(C)cn4c3)c3nc(OC)ncc23)C[C@H](C)N1. The predicted octanol–water partition coefficient (Wildman–Crippen LogP) is 3.34. The van der Waals surface area contributed by atoms with Crippen LogP contribution in [0.4, 0.5) is 15.8 Å². The van der Waals surface area contributed by atoms with Crippen LogP contribution in [0.5, 0.6) is 6.01 Å². The third kappa shape index (κ3) is 4.28. The number of nitrogens with zero attached hydrogens (tertiary/aromatic N) is 5. The number of fused-ring (bicyclic) bond motifs is 2. The molecule has 0 bridgehead atoms. The number of anilines is 2. The summed E-state index contributed by atoms with van der Waals surface area (Å²) in [6.07, 6.45) is 6.88. The first-order chi connectivity index (χ1) is 16.9. The standard InChI is InChI=1S/C25H26FN7O2/c1-5-16-12-32(10-14(2)28-16)21-7-6-18(22-19(21)9-27-25(31-22)35-4)24(34)30-17-8-20(26)23-29-15(3)11-33(23)13-17/h5-9,11,13-14,16,28H,1,10,12H2,2-4H3,(H,30,34)/t14-,16+/m0/s1. The van der Waals surface area contributed by atoms with Crippen LogP contribution in [0.3, 0.4) is 0 Å². The summed E-state index contributed by atoms with van der Waals surface area (Å²) >= 11 is 0. The second kappa shape index (κ2) is 8.95. The van der Waals surface area contributed by atoms with E-state index in [4.69, 9.17) is 4.74 Å². The summed E-state index contributed by atoms with van der Waals surface area (Å²) in [7, 11) is 1.47. The maximum Gasteiger partial charge on any atom is 0.316 e. The van der Waals surface area contributed by atoms with Crippen LogP contribution in [0.25, 0.3) is 16.6 Å². The molecule has 35 heavy (non-hydrogen) atoms. The summed E-state index contributed by atoms with van der Waals surface area (Å²) in [6, 6.07) is 5.42. The molecule has 0 saturated carbocycles. The molecule has 9 nitrogen and oxygen atoms in total. The molecule has 1 saturated heterocycles. The first kappa shape index (κ1) is 22.7. The van der Waals surface area contributed by atoms with Crippen molar-refractivity contribution in [3.8, 4) is 6.01 Å². The molecule has 2 atom stereocenters. The summed E-state index contributed by atoms with van der Waals surface area (Å²) in [5.41, 5.74) is 2.89. The molecule has 3 aromatic heterocycles. The molecule has 1 amide bonds. The van der Waals surface area contributed by atoms with Gasteiger partial charge in [-0.3, -0.25) is 4.79 Å². The third-order valence-electron chi connectivity index (χ3n) is 6.05. The van der Waals surface area contributed by atoms with Gasteiger partial charge in [0, 0.05) is 60.9 Å². The maximum absolute atomic E-state index is 14.5. The number of nitrogens with one attached hydrogen (secondary N) is 2. The smallest absolute Gasteiger partial charge is 0.316 e. The van der Waals surface area contributed by atoms with E-state index in [0.717, 1.165) is 24.2 Å². The van der Waals surface area contributed by atoms with E-state index in [2.05, 4.69) is 44.0 Å². The van der Waals surface area contributed by atoms with Crippen LogP contribution in [0.1, 0.15) is 23.0 Å². The first-order valence-corrected chi connectivity index (χ1v) is 11.3. The quantitative estimate of drug-likeness (QED) is 0.428. The van der Waals surface area contributed by atoms with Gasteiger partial charge >= 0.3 is 6.01 Å². The molecular weight excluding hydrogens is 449 g/mol. The molecule has 180 valence electrons. The summed E-state index contributed by atoms with van der Waals surface area (Å²) < 4.78 is 21.3. The molecule has 4 aromatic rings. The number of imidazole rings is 1. The van der Waals surface area contributed by atoms with E-state index >= 15 is 0 Å². The fourth-order valence-corrected chi connectivity index (χ4v) is 4.55. The summed E-state index contributed by atoms with van der Waals surface area (Å²) in [4.78, 5) is 28.5. The van der Waals surface area contributed by atoms with Crippen LogP contribution >= 0.6 is 0 Å². The second-order valence-electron chi connectivity index (χ2n) is 8.71. The van der Waals surface area contributed by atoms with Gasteiger partial charge < -0.3 is 24.7 Å². The molecule has 1 aromatic carbocycles. The van der Waals surface area contributed by atoms with Crippen LogP contribution in [0.15, 0.2) is 49.4 Å². The van der Waals surface area contributed by atoms with Crippen molar-refractivity contribution in [3.05, 3.63) is 66.5 Å². The van der Waals surface area contributed by atoms with Crippen molar-refractivity contribution < 1.29 is 13.9 Å². The normalized spacial score (nSPS) is 18.1. The van der Waals surface area contributed by atoms with Crippen molar-refractivity contribution in [2.24, 2.45) is 0 Å². The Bertz CT molecular complexity index is 1450. The molecule has 4 heterocycles. The lowest BCUT2D eigenvalue weighted by Gasteiger charge is -2.38. The van der Waals surface area contributed by atoms with Crippen molar-refractivity contribution in [3.63, 3.8) is 0 Å². The fraction of sp³-hybridized carbons (Fsp3) is 0.280. The van der Waals surface area contributed by atoms with Crippen molar-refractivity contribution in [1.82, 2.24) is 24.7 Å². The maximum atomic E-state index is 14.5. The van der Waals surface area contributed by atoms with Gasteiger partial charge in [0.1, 0.15) is 0 Å². The highest BCUT2D eigenvalue weighted by Gasteiger charge is 2.25. The number of benzene rings is 1. The fourth-order valence-electron chi connectivity index (χ4n) is 4.55. The highest BCUT2D eigenvalue weighted by atomic mass is 19.1. The lowest BCUT2D eigenvalue weighted by molar-refractivity contribution is 0.102. The number of methoxy groups -OCH3 is 1. The highest BCUT2D eigenvalue weighted by molar-refractivity contribution is 6.13. The molecule has 1 aliphatic rings. The van der Waals surface area contributed by atoms with Crippen LogP contribution < -0.4 is 20.3 Å². The molecule has 10 heteroatoms. The Hall–Kier alpha value is -4.05. The average molecular weight is 476 g/mol. The molecule has 0 spiro atoms. The van der Waals surface area contributed by atoms with Crippen molar-refractivity contribution in [2.45, 2.75) is 25.9 Å². The van der Waals surface area contributed by atoms with E-state index in [1.165, 1.54) is 13.2 Å². The van der Waals surface area contributed by atoms with E-state index in [9.17, 15) is 9.18 Å². The zero-order valence-electron chi connectivity index (χ0n) is 19.7. The van der Waals surface area contributed by atoms with Crippen molar-refractivity contribution in [2.75, 3.05) is 30.4 Å². The van der Waals surface area contributed by atoms with Gasteiger partial charge in [0.05, 0.1) is 29.6 Å². The number of aryl methyl sites for hydroxylation is 1. The second-order valence-corrected chi connectivity index (χ2v) is 8.71. The average Bonchev–Trinajstić information content (AvgIpc) is 3.23. The van der Waals surface area contributed by atoms with E-state index in [1.807, 2.05) is 12.1 Å². The number of carbonyl (C=O) groups excluding carboxylic acids is 1. The molecule has 1 aliphatic heterocycles. The van der Waals surface area contributed by atoms with Gasteiger partial charge in [0.2, 0.25) is 0 Å². The highest BCUT2D eigenvalue weighted by Crippen LogP contribution is 2.31. The van der Waals surface area contributed by atoms with Crippen LogP contribution in [0.2, 0.25) is 0 Å². The Morgan fingerprint density at radius 2 is 2.14 bits per heavy atom. The summed E-state index contributed by atoms with van der Waals surface area (Å²) in [5, 5.41) is 7.01. The van der Waals surface area contributed by atoms with Gasteiger partial charge in [0.15, 0.2) is 11.5 Å². The molecule has 0 radical (unpaired) electrons. The van der Waals surface area contributed by atoms with Gasteiger partial charge in [-0.25, -0.2) is 14.4 Å². The van der Waals surface area contributed by atoms with Gasteiger partial charge in [-0.2, -0.15) is 4.98 Å². The molecule has 5 rings (SSSR count). The summed E-state index contributed by atoms with van der Waals surface area (Å²) in [5.74, 6) is -0.944. The first-order valence-electron chi connectivity index (χ1n) is 11.3. The Labute approximate surface area is 201 Å². The number of hydrogen-bond donors (Lipinski definition) is 2. The number of halogens is 1. The summed E-state index contributed by atoms with van der Waals surface area (Å²) in [6.45, 7) is 9.32. The minimum atomic E-state index is -0.523. The molecule has 2 N–H and O–H groups in total. The van der Waals surface area contributed by atoms with Gasteiger partial charge in [0.25, 0.3) is 5.91 Å². The minimum absolute atomic E-state index is 0.132. The van der Waals surface area contributed by atoms with Crippen molar-refractivity contribution >= 4 is 33.8 Å². The largest absolute Gasteiger partial charge is 0.467 e. The lowest BCUT2D eigenvalue weighted by atomic mass is 10.0. The topological polar surface area (TPSA) is 96.7 Å². The molecule has 1 fully saturated rings. The number of hydrogen-bond acceptors (Lipinski definition) is 7. The number of carbonyl (C=O) groups is 1. The van der Waals surface area contributed by atoms with E-state index in [1.54, 1.807) is 36.0 Å². The predicted molar refractivity (Wildman–Crippen MR) is 133 cm³/mol. The van der Waals surface area contributed by atoms with Gasteiger partial charge in [-0.15, -0.1) is 6.58 Å². The monoisotopic (exact) mass is 475 g/mol. The van der Waals surface area contributed by atoms with Gasteiger partial charge in [-0.1, -0.05) is 6.08 Å². The Kier molecular flexibility index (Phi) is 5.81. The number of pyridine rings is 1. The molecular formula is C25H26FN7O2. The Balaban J connectivity index is 1.54. The van der Waals surface area contributed by atoms with Crippen LogP contribution in [-0.4, -0.2) is 57.5 Å². The zero-order valence-corrected chi connectivity index (χ0v) is 19.7. The van der Waals surface area contributed by atoms with E-state index in [-0.39, 0.29) is 23.7 Å². The van der Waals surface area contributed by atoms with Crippen LogP contribution in [0, 0.1) is 12.7 Å². The molecule has 0 aliphatic carbocycles. The number of amides is 1. The number of ether oxygens (including phenoxy) is 1. The van der Waals surface area contributed by atoms with E-state index < -0.39 is 11.7 Å². The van der Waals surface area contributed by atoms with Gasteiger partial charge in [-0.05, 0) is 26.0 Å². The molecule has 0 unspecified atom stereocenters. The minimum Gasteiger partial charge on any atom is -0.467 e. The van der Waals surface area contributed by atoms with E-state index in [0.29, 0.717) is 22.5 Å². The number of piperazine rings is 1. The third-order valence-corrected chi connectivity index (χ3v) is 6.05. The lowest BCUT2D eigenvalue weighted by Crippen LogP contribution is -2.54. The number of rotatable bonds is 5.